The summed E-state index contributed by atoms with van der Waals surface area (Å²) in [5.74, 6) is -3.09. The molecular weight excluding hydrogens is 326 g/mol. The van der Waals surface area contributed by atoms with Gasteiger partial charge < -0.3 is 14.6 Å². The Labute approximate surface area is 143 Å². The second-order valence-electron chi connectivity index (χ2n) is 6.71. The first-order chi connectivity index (χ1) is 11.9. The van der Waals surface area contributed by atoms with Gasteiger partial charge in [-0.1, -0.05) is 24.3 Å². The molecule has 0 saturated carbocycles. The number of hydrogen-bond donors (Lipinski definition) is 1. The summed E-state index contributed by atoms with van der Waals surface area (Å²) in [6.07, 6.45) is 3.39. The van der Waals surface area contributed by atoms with Crippen LogP contribution < -0.4 is 4.90 Å². The van der Waals surface area contributed by atoms with Gasteiger partial charge in [-0.25, -0.2) is 9.69 Å². The fraction of sp³-hybridized carbons (Fsp3) is 0.389. The van der Waals surface area contributed by atoms with Crippen LogP contribution in [0.5, 0.6) is 0 Å². The number of para-hydroxylation sites is 1. The lowest BCUT2D eigenvalue weighted by Crippen LogP contribution is -2.43. The van der Waals surface area contributed by atoms with Crippen LogP contribution in [-0.2, 0) is 19.1 Å². The molecule has 0 aliphatic carbocycles. The maximum absolute atomic E-state index is 13.1. The van der Waals surface area contributed by atoms with Gasteiger partial charge in [-0.15, -0.1) is 0 Å². The van der Waals surface area contributed by atoms with Crippen LogP contribution in [0.2, 0.25) is 0 Å². The van der Waals surface area contributed by atoms with Gasteiger partial charge in [0.05, 0.1) is 42.4 Å². The Morgan fingerprint density at radius 2 is 1.92 bits per heavy atom. The number of carbonyl (C=O) groups excluding carboxylic acids is 3. The molecule has 25 heavy (non-hydrogen) atoms. The molecule has 1 N–H and O–H groups in total. The van der Waals surface area contributed by atoms with Crippen molar-refractivity contribution in [2.24, 2.45) is 11.8 Å². The van der Waals surface area contributed by atoms with Crippen LogP contribution in [0.4, 0.5) is 5.69 Å². The number of anilines is 1. The van der Waals surface area contributed by atoms with E-state index in [4.69, 9.17) is 9.47 Å². The Balaban J connectivity index is 1.83. The molecule has 2 bridgehead atoms. The van der Waals surface area contributed by atoms with Gasteiger partial charge in [0, 0.05) is 0 Å². The summed E-state index contributed by atoms with van der Waals surface area (Å²) in [7, 11) is 1.24. The van der Waals surface area contributed by atoms with E-state index in [1.165, 1.54) is 19.2 Å². The summed E-state index contributed by atoms with van der Waals surface area (Å²) in [5, 5.41) is 9.81. The van der Waals surface area contributed by atoms with Crippen molar-refractivity contribution in [3.63, 3.8) is 0 Å². The molecule has 2 amide bonds. The minimum Gasteiger partial charge on any atom is -0.465 e. The van der Waals surface area contributed by atoms with E-state index >= 15 is 0 Å². The minimum absolute atomic E-state index is 0.135. The van der Waals surface area contributed by atoms with Crippen LogP contribution in [0.3, 0.4) is 0 Å². The van der Waals surface area contributed by atoms with Crippen LogP contribution in [0.1, 0.15) is 17.3 Å². The van der Waals surface area contributed by atoms with Gasteiger partial charge in [-0.2, -0.15) is 0 Å². The number of nitrogens with zero attached hydrogens (tertiary/aromatic N) is 1. The van der Waals surface area contributed by atoms with E-state index in [0.29, 0.717) is 0 Å². The molecule has 130 valence electrons. The molecule has 2 saturated heterocycles. The van der Waals surface area contributed by atoms with Crippen molar-refractivity contribution in [3.8, 4) is 0 Å². The Morgan fingerprint density at radius 1 is 1.24 bits per heavy atom. The number of aliphatic hydroxyl groups is 1. The molecule has 3 aliphatic rings. The quantitative estimate of drug-likeness (QED) is 0.493. The van der Waals surface area contributed by atoms with E-state index in [1.807, 2.05) is 0 Å². The third-order valence-electron chi connectivity index (χ3n) is 5.35. The molecule has 7 nitrogen and oxygen atoms in total. The average molecular weight is 343 g/mol. The summed E-state index contributed by atoms with van der Waals surface area (Å²) >= 11 is 0. The normalized spacial score (nSPS) is 35.4. The summed E-state index contributed by atoms with van der Waals surface area (Å²) in [6, 6.07) is 6.31. The highest BCUT2D eigenvalue weighted by Crippen LogP contribution is 2.57. The van der Waals surface area contributed by atoms with Crippen molar-refractivity contribution < 1.29 is 29.0 Å². The first kappa shape index (κ1) is 16.0. The molecule has 0 spiro atoms. The maximum Gasteiger partial charge on any atom is 0.339 e. The number of amides is 2. The largest absolute Gasteiger partial charge is 0.465 e. The van der Waals surface area contributed by atoms with E-state index in [9.17, 15) is 19.5 Å². The minimum atomic E-state index is -1.19. The highest BCUT2D eigenvalue weighted by atomic mass is 16.5. The van der Waals surface area contributed by atoms with Gasteiger partial charge >= 0.3 is 5.97 Å². The second kappa shape index (κ2) is 5.00. The lowest BCUT2D eigenvalue weighted by molar-refractivity contribution is -0.131. The Morgan fingerprint density at radius 3 is 2.60 bits per heavy atom. The number of rotatable bonds is 3. The number of ether oxygens (including phenoxy) is 2. The molecule has 0 aromatic heterocycles. The van der Waals surface area contributed by atoms with Crippen molar-refractivity contribution in [1.82, 2.24) is 0 Å². The fourth-order valence-electron chi connectivity index (χ4n) is 4.23. The molecule has 4 atom stereocenters. The second-order valence-corrected chi connectivity index (χ2v) is 6.71. The van der Waals surface area contributed by atoms with E-state index < -0.39 is 47.4 Å². The lowest BCUT2D eigenvalue weighted by Gasteiger charge is -2.27. The van der Waals surface area contributed by atoms with Gasteiger partial charge in [0.2, 0.25) is 11.8 Å². The van der Waals surface area contributed by atoms with E-state index in [1.54, 1.807) is 31.2 Å². The molecule has 4 rings (SSSR count). The summed E-state index contributed by atoms with van der Waals surface area (Å²) in [6.45, 7) is 1.33. The Bertz CT molecular complexity index is 833. The van der Waals surface area contributed by atoms with E-state index in [0.717, 1.165) is 4.90 Å². The van der Waals surface area contributed by atoms with Gasteiger partial charge in [-0.05, 0) is 19.1 Å². The smallest absolute Gasteiger partial charge is 0.339 e. The summed E-state index contributed by atoms with van der Waals surface area (Å²) in [5.41, 5.74) is -1.82. The SMILES string of the molecule is COC(=O)c1ccccc1N1C(=O)[C@@H]2[C@@H](C1=O)[C@@]1(CO)C=C[C@@]2(C)O1. The molecule has 1 aromatic rings. The number of benzene rings is 1. The van der Waals surface area contributed by atoms with Gasteiger partial charge in [-0.3, -0.25) is 9.59 Å². The molecular formula is C18H17NO6. The van der Waals surface area contributed by atoms with Crippen LogP contribution in [0.25, 0.3) is 0 Å². The zero-order chi connectivity index (χ0) is 18.0. The number of imide groups is 1. The van der Waals surface area contributed by atoms with E-state index in [-0.39, 0.29) is 11.3 Å². The van der Waals surface area contributed by atoms with Crippen molar-refractivity contribution >= 4 is 23.5 Å². The number of esters is 1. The molecule has 1 aromatic carbocycles. The zero-order valence-electron chi connectivity index (χ0n) is 13.8. The van der Waals surface area contributed by atoms with Crippen molar-refractivity contribution in [3.05, 3.63) is 42.0 Å². The molecule has 0 radical (unpaired) electrons. The van der Waals surface area contributed by atoms with Crippen LogP contribution in [-0.4, -0.2) is 47.8 Å². The molecule has 2 fully saturated rings. The number of methoxy groups -OCH3 is 1. The van der Waals surface area contributed by atoms with Crippen molar-refractivity contribution in [2.45, 2.75) is 18.1 Å². The summed E-state index contributed by atoms with van der Waals surface area (Å²) in [4.78, 5) is 39.2. The monoisotopic (exact) mass is 343 g/mol. The first-order valence-electron chi connectivity index (χ1n) is 7.95. The molecule has 0 unspecified atom stereocenters. The third kappa shape index (κ3) is 1.85. The fourth-order valence-corrected chi connectivity index (χ4v) is 4.23. The topological polar surface area (TPSA) is 93.1 Å². The standard InChI is InChI=1S/C18H17NO6/c1-17-7-8-18(9-20,25-17)13-12(17)14(21)19(15(13)22)11-6-4-3-5-10(11)16(23)24-2/h3-8,12-13,20H,9H2,1-2H3/t12-,13-,17+,18-/m0/s1. The van der Waals surface area contributed by atoms with Gasteiger partial charge in [0.1, 0.15) is 5.60 Å². The molecule has 7 heteroatoms. The highest BCUT2D eigenvalue weighted by Gasteiger charge is 2.72. The average Bonchev–Trinajstić information content (AvgIpc) is 3.20. The predicted molar refractivity (Wildman–Crippen MR) is 85.7 cm³/mol. The van der Waals surface area contributed by atoms with Crippen molar-refractivity contribution in [2.75, 3.05) is 18.6 Å². The highest BCUT2D eigenvalue weighted by molar-refractivity contribution is 6.25. The van der Waals surface area contributed by atoms with Crippen LogP contribution in [0.15, 0.2) is 36.4 Å². The van der Waals surface area contributed by atoms with Gasteiger partial charge in [0.15, 0.2) is 0 Å². The molecule has 3 heterocycles. The number of aliphatic hydroxyl groups excluding tert-OH is 1. The van der Waals surface area contributed by atoms with Gasteiger partial charge in [0.25, 0.3) is 0 Å². The predicted octanol–water partition coefficient (Wildman–Crippen LogP) is 0.669. The lowest BCUT2D eigenvalue weighted by atomic mass is 9.73. The van der Waals surface area contributed by atoms with Crippen LogP contribution >= 0.6 is 0 Å². The van der Waals surface area contributed by atoms with Crippen LogP contribution in [0, 0.1) is 11.8 Å². The summed E-state index contributed by atoms with van der Waals surface area (Å²) < 4.78 is 10.6. The number of hydrogen-bond acceptors (Lipinski definition) is 6. The number of fused-ring (bicyclic) bond motifs is 5. The first-order valence-corrected chi connectivity index (χ1v) is 7.95. The Kier molecular flexibility index (Phi) is 3.20. The Hall–Kier alpha value is -2.51. The maximum atomic E-state index is 13.1. The zero-order valence-corrected chi connectivity index (χ0v) is 13.8. The molecule has 3 aliphatic heterocycles. The van der Waals surface area contributed by atoms with Crippen molar-refractivity contribution in [1.29, 1.82) is 0 Å². The van der Waals surface area contributed by atoms with E-state index in [2.05, 4.69) is 0 Å². The number of carbonyl (C=O) groups is 3. The third-order valence-corrected chi connectivity index (χ3v) is 5.35.